The second kappa shape index (κ2) is 12.5. The van der Waals surface area contributed by atoms with Crippen molar-refractivity contribution in [3.8, 4) is 5.75 Å². The highest BCUT2D eigenvalue weighted by atomic mass is 16.5. The van der Waals surface area contributed by atoms with Crippen molar-refractivity contribution in [2.75, 3.05) is 53.7 Å². The van der Waals surface area contributed by atoms with E-state index in [-0.39, 0.29) is 11.8 Å². The summed E-state index contributed by atoms with van der Waals surface area (Å²) in [6, 6.07) is 7.40. The lowest BCUT2D eigenvalue weighted by Crippen LogP contribution is -2.38. The van der Waals surface area contributed by atoms with Crippen LogP contribution in [0.4, 0.5) is 0 Å². The maximum atomic E-state index is 13.3. The van der Waals surface area contributed by atoms with Crippen LogP contribution in [-0.2, 0) is 19.1 Å². The molecule has 0 spiro atoms. The number of amides is 2. The third-order valence-corrected chi connectivity index (χ3v) is 5.05. The molecule has 0 saturated heterocycles. The number of ether oxygens (including phenoxy) is 3. The number of benzene rings is 1. The molecule has 1 aliphatic heterocycles. The molecule has 0 atom stereocenters. The Balaban J connectivity index is 2.43. The molecule has 1 aromatic rings. The van der Waals surface area contributed by atoms with Gasteiger partial charge >= 0.3 is 0 Å². The Labute approximate surface area is 185 Å². The third-order valence-electron chi connectivity index (χ3n) is 5.05. The van der Waals surface area contributed by atoms with Crippen LogP contribution in [0, 0.1) is 5.92 Å². The number of carbonyl (C=O) groups is 2. The van der Waals surface area contributed by atoms with Crippen LogP contribution in [0.3, 0.4) is 0 Å². The molecule has 7 heteroatoms. The molecule has 2 rings (SSSR count). The number of imide groups is 1. The second-order valence-corrected chi connectivity index (χ2v) is 8.04. The first-order valence-corrected chi connectivity index (χ1v) is 11.0. The molecule has 0 aliphatic carbocycles. The average molecular weight is 433 g/mol. The summed E-state index contributed by atoms with van der Waals surface area (Å²) < 4.78 is 16.2. The van der Waals surface area contributed by atoms with Crippen LogP contribution >= 0.6 is 0 Å². The Hall–Kier alpha value is -2.38. The largest absolute Gasteiger partial charge is 0.493 e. The Morgan fingerprint density at radius 3 is 2.10 bits per heavy atom. The van der Waals surface area contributed by atoms with Gasteiger partial charge in [-0.3, -0.25) is 14.5 Å². The Morgan fingerprint density at radius 2 is 1.58 bits per heavy atom. The minimum Gasteiger partial charge on any atom is -0.493 e. The van der Waals surface area contributed by atoms with E-state index in [2.05, 4.69) is 13.8 Å². The fourth-order valence-corrected chi connectivity index (χ4v) is 3.36. The van der Waals surface area contributed by atoms with E-state index in [0.717, 1.165) is 18.6 Å². The van der Waals surface area contributed by atoms with E-state index in [0.29, 0.717) is 62.2 Å². The zero-order chi connectivity index (χ0) is 22.8. The molecule has 7 nitrogen and oxygen atoms in total. The molecule has 0 bridgehead atoms. The number of hydrogen-bond acceptors (Lipinski definition) is 6. The molecule has 0 radical (unpaired) electrons. The zero-order valence-corrected chi connectivity index (χ0v) is 19.5. The minimum absolute atomic E-state index is 0.246. The summed E-state index contributed by atoms with van der Waals surface area (Å²) in [5.74, 6) is 0.671. The molecule has 1 aliphatic rings. The van der Waals surface area contributed by atoms with E-state index >= 15 is 0 Å². The number of hydrogen-bond donors (Lipinski definition) is 0. The summed E-state index contributed by atoms with van der Waals surface area (Å²) in [5.41, 5.74) is 1.57. The van der Waals surface area contributed by atoms with Gasteiger partial charge < -0.3 is 19.1 Å². The summed E-state index contributed by atoms with van der Waals surface area (Å²) >= 11 is 0. The molecular formula is C24H36N2O5. The van der Waals surface area contributed by atoms with E-state index in [4.69, 9.17) is 14.2 Å². The molecule has 1 heterocycles. The molecule has 2 amide bonds. The van der Waals surface area contributed by atoms with Crippen LogP contribution in [0.25, 0.3) is 5.57 Å². The van der Waals surface area contributed by atoms with Gasteiger partial charge in [0.1, 0.15) is 11.4 Å². The topological polar surface area (TPSA) is 68.3 Å². The van der Waals surface area contributed by atoms with Gasteiger partial charge in [-0.05, 0) is 30.0 Å². The van der Waals surface area contributed by atoms with Crippen molar-refractivity contribution in [3.05, 3.63) is 35.5 Å². The summed E-state index contributed by atoms with van der Waals surface area (Å²) in [5, 5.41) is 0. The van der Waals surface area contributed by atoms with Crippen LogP contribution in [0.15, 0.2) is 30.0 Å². The van der Waals surface area contributed by atoms with Gasteiger partial charge in [-0.1, -0.05) is 39.3 Å². The summed E-state index contributed by atoms with van der Waals surface area (Å²) in [6.07, 6.45) is 1.68. The maximum Gasteiger partial charge on any atom is 0.277 e. The monoisotopic (exact) mass is 432 g/mol. The van der Waals surface area contributed by atoms with Crippen molar-refractivity contribution in [1.82, 2.24) is 9.80 Å². The number of unbranched alkanes of at least 4 members (excludes halogenated alkanes) is 1. The van der Waals surface area contributed by atoms with E-state index < -0.39 is 0 Å². The third kappa shape index (κ3) is 6.55. The van der Waals surface area contributed by atoms with Crippen molar-refractivity contribution in [2.45, 2.75) is 33.6 Å². The van der Waals surface area contributed by atoms with Crippen LogP contribution < -0.4 is 4.74 Å². The van der Waals surface area contributed by atoms with E-state index in [1.807, 2.05) is 36.1 Å². The maximum absolute atomic E-state index is 13.3. The van der Waals surface area contributed by atoms with Gasteiger partial charge in [0.05, 0.1) is 25.4 Å². The lowest BCUT2D eigenvalue weighted by atomic mass is 10.0. The minimum atomic E-state index is -0.249. The Morgan fingerprint density at radius 1 is 0.968 bits per heavy atom. The van der Waals surface area contributed by atoms with Crippen LogP contribution in [0.5, 0.6) is 5.75 Å². The van der Waals surface area contributed by atoms with Gasteiger partial charge in [-0.2, -0.15) is 0 Å². The number of nitrogens with zero attached hydrogens (tertiary/aromatic N) is 2. The van der Waals surface area contributed by atoms with Crippen molar-refractivity contribution in [1.29, 1.82) is 0 Å². The molecule has 0 saturated carbocycles. The average Bonchev–Trinajstić information content (AvgIpc) is 3.01. The molecule has 172 valence electrons. The Kier molecular flexibility index (Phi) is 10.0. The predicted octanol–water partition coefficient (Wildman–Crippen LogP) is 3.20. The molecule has 31 heavy (non-hydrogen) atoms. The number of rotatable bonds is 14. The van der Waals surface area contributed by atoms with Crippen molar-refractivity contribution >= 4 is 17.4 Å². The standard InChI is InChI=1S/C24H36N2O5/c1-6-7-12-26-23(27)21(19-8-10-20(11-9-19)31-17-18(2)3)22(24(26)28)25(13-15-29-4)14-16-30-5/h8-11,18H,6-7,12-17H2,1-5H3. The van der Waals surface area contributed by atoms with E-state index in [1.165, 1.54) is 4.90 Å². The lowest BCUT2D eigenvalue weighted by Gasteiger charge is -2.25. The molecule has 0 unspecified atom stereocenters. The highest BCUT2D eigenvalue weighted by Crippen LogP contribution is 2.32. The molecule has 0 aromatic heterocycles. The summed E-state index contributed by atoms with van der Waals surface area (Å²) in [7, 11) is 3.24. The quantitative estimate of drug-likeness (QED) is 0.421. The Bertz CT molecular complexity index is 750. The van der Waals surface area contributed by atoms with Crippen LogP contribution in [0.2, 0.25) is 0 Å². The van der Waals surface area contributed by atoms with Crippen molar-refractivity contribution in [2.24, 2.45) is 5.92 Å². The van der Waals surface area contributed by atoms with Gasteiger partial charge in [0.25, 0.3) is 11.8 Å². The van der Waals surface area contributed by atoms with E-state index in [9.17, 15) is 9.59 Å². The second-order valence-electron chi connectivity index (χ2n) is 8.04. The molecule has 0 N–H and O–H groups in total. The highest BCUT2D eigenvalue weighted by molar-refractivity contribution is 6.35. The zero-order valence-electron chi connectivity index (χ0n) is 19.5. The first-order chi connectivity index (χ1) is 14.9. The summed E-state index contributed by atoms with van der Waals surface area (Å²) in [4.78, 5) is 29.9. The van der Waals surface area contributed by atoms with Gasteiger partial charge in [0, 0.05) is 33.9 Å². The predicted molar refractivity (Wildman–Crippen MR) is 121 cm³/mol. The van der Waals surface area contributed by atoms with Crippen LogP contribution in [-0.4, -0.2) is 75.3 Å². The van der Waals surface area contributed by atoms with Gasteiger partial charge in [0.15, 0.2) is 0 Å². The molecular weight excluding hydrogens is 396 g/mol. The van der Waals surface area contributed by atoms with E-state index in [1.54, 1.807) is 14.2 Å². The fourth-order valence-electron chi connectivity index (χ4n) is 3.36. The molecule has 0 fully saturated rings. The SMILES string of the molecule is CCCCN1C(=O)C(c2ccc(OCC(C)C)cc2)=C(N(CCOC)CCOC)C1=O. The number of methoxy groups -OCH3 is 2. The van der Waals surface area contributed by atoms with Gasteiger partial charge in [0.2, 0.25) is 0 Å². The normalized spacial score (nSPS) is 14.2. The van der Waals surface area contributed by atoms with Gasteiger partial charge in [-0.15, -0.1) is 0 Å². The van der Waals surface area contributed by atoms with Crippen molar-refractivity contribution < 1.29 is 23.8 Å². The first-order valence-electron chi connectivity index (χ1n) is 11.0. The first kappa shape index (κ1) is 24.9. The fraction of sp³-hybridized carbons (Fsp3) is 0.583. The van der Waals surface area contributed by atoms with Gasteiger partial charge in [-0.25, -0.2) is 0 Å². The lowest BCUT2D eigenvalue weighted by molar-refractivity contribution is -0.137. The summed E-state index contributed by atoms with van der Waals surface area (Å²) in [6.45, 7) is 9.14. The smallest absolute Gasteiger partial charge is 0.277 e. The van der Waals surface area contributed by atoms with Crippen molar-refractivity contribution in [3.63, 3.8) is 0 Å². The highest BCUT2D eigenvalue weighted by Gasteiger charge is 2.41. The molecule has 1 aromatic carbocycles. The van der Waals surface area contributed by atoms with Crippen LogP contribution in [0.1, 0.15) is 39.2 Å². The number of carbonyl (C=O) groups excluding carboxylic acids is 2.